The van der Waals surface area contributed by atoms with Gasteiger partial charge in [-0.25, -0.2) is 9.97 Å². The summed E-state index contributed by atoms with van der Waals surface area (Å²) in [6.07, 6.45) is 1.94. The maximum absolute atomic E-state index is 4.75. The van der Waals surface area contributed by atoms with Crippen LogP contribution < -0.4 is 0 Å². The third kappa shape index (κ3) is 2.04. The van der Waals surface area contributed by atoms with Crippen LogP contribution in [0.1, 0.15) is 22.5 Å². The molecule has 0 radical (unpaired) electrons. The van der Waals surface area contributed by atoms with Gasteiger partial charge in [0.15, 0.2) is 0 Å². The van der Waals surface area contributed by atoms with E-state index in [1.165, 1.54) is 33.3 Å². The summed E-state index contributed by atoms with van der Waals surface area (Å²) < 4.78 is 2.28. The van der Waals surface area contributed by atoms with Gasteiger partial charge < -0.3 is 0 Å². The Balaban J connectivity index is 2.24. The largest absolute Gasteiger partial charge is 0.293 e. The van der Waals surface area contributed by atoms with Gasteiger partial charge in [0.05, 0.1) is 11.2 Å². The Morgan fingerprint density at radius 1 is 0.870 bits per heavy atom. The summed E-state index contributed by atoms with van der Waals surface area (Å²) in [6.45, 7) is 8.42. The van der Waals surface area contributed by atoms with Gasteiger partial charge in [-0.2, -0.15) is 0 Å². The number of nitrogens with zero attached hydrogens (tertiary/aromatic N) is 3. The van der Waals surface area contributed by atoms with Crippen molar-refractivity contribution < 1.29 is 0 Å². The van der Waals surface area contributed by atoms with Gasteiger partial charge in [0, 0.05) is 17.0 Å². The lowest BCUT2D eigenvalue weighted by Crippen LogP contribution is -2.02. The summed E-state index contributed by atoms with van der Waals surface area (Å²) in [6, 6.07) is 12.9. The smallest absolute Gasteiger partial charge is 0.149 e. The Bertz CT molecular complexity index is 1030. The van der Waals surface area contributed by atoms with Gasteiger partial charge in [-0.15, -0.1) is 0 Å². The van der Waals surface area contributed by atoms with Crippen LogP contribution >= 0.6 is 0 Å². The van der Waals surface area contributed by atoms with Crippen molar-refractivity contribution in [3.8, 4) is 5.69 Å². The van der Waals surface area contributed by atoms with Gasteiger partial charge in [0.1, 0.15) is 11.5 Å². The van der Waals surface area contributed by atoms with Crippen molar-refractivity contribution in [1.82, 2.24) is 14.5 Å². The molecule has 0 fully saturated rings. The molecule has 0 saturated carbocycles. The summed E-state index contributed by atoms with van der Waals surface area (Å²) in [5.41, 5.74) is 7.20. The molecule has 0 spiro atoms. The normalized spacial score (nSPS) is 11.5. The van der Waals surface area contributed by atoms with E-state index in [9.17, 15) is 0 Å². The number of hydrogen-bond acceptors (Lipinski definition) is 2. The van der Waals surface area contributed by atoms with Crippen LogP contribution in [0.15, 0.2) is 42.6 Å². The highest BCUT2D eigenvalue weighted by molar-refractivity contribution is 6.07. The molecule has 2 aromatic heterocycles. The lowest BCUT2D eigenvalue weighted by atomic mass is 10.0. The molecule has 0 amide bonds. The summed E-state index contributed by atoms with van der Waals surface area (Å²) in [4.78, 5) is 9.14. The van der Waals surface area contributed by atoms with E-state index in [1.54, 1.807) is 0 Å². The zero-order chi connectivity index (χ0) is 16.1. The number of rotatable bonds is 1. The number of hydrogen-bond donors (Lipinski definition) is 0. The van der Waals surface area contributed by atoms with Gasteiger partial charge in [-0.3, -0.25) is 4.57 Å². The highest BCUT2D eigenvalue weighted by Gasteiger charge is 2.16. The van der Waals surface area contributed by atoms with Crippen LogP contribution in [-0.4, -0.2) is 14.5 Å². The van der Waals surface area contributed by atoms with E-state index in [4.69, 9.17) is 4.98 Å². The van der Waals surface area contributed by atoms with Crippen LogP contribution in [0.25, 0.3) is 27.6 Å². The second-order valence-corrected chi connectivity index (χ2v) is 6.25. The van der Waals surface area contributed by atoms with Crippen molar-refractivity contribution in [3.63, 3.8) is 0 Å². The molecule has 3 nitrogen and oxygen atoms in total. The third-order valence-corrected chi connectivity index (χ3v) is 4.40. The molecule has 2 aromatic carbocycles. The molecule has 0 saturated heterocycles. The highest BCUT2D eigenvalue weighted by Crippen LogP contribution is 2.33. The molecular formula is C20H19N3. The first kappa shape index (κ1) is 13.9. The molecule has 0 aliphatic carbocycles. The first-order chi connectivity index (χ1) is 11.1. The molecule has 0 N–H and O–H groups in total. The molecule has 0 bridgehead atoms. The molecule has 114 valence electrons. The van der Waals surface area contributed by atoms with Gasteiger partial charge in [0.25, 0.3) is 0 Å². The van der Waals surface area contributed by atoms with E-state index >= 15 is 0 Å². The molecule has 0 aliphatic heterocycles. The number of para-hydroxylation sites is 1. The fourth-order valence-electron chi connectivity index (χ4n) is 3.58. The molecule has 2 heterocycles. The minimum atomic E-state index is 0.795. The zero-order valence-corrected chi connectivity index (χ0v) is 13.9. The lowest BCUT2D eigenvalue weighted by Gasteiger charge is -2.15. The average molecular weight is 301 g/mol. The monoisotopic (exact) mass is 301 g/mol. The predicted molar refractivity (Wildman–Crippen MR) is 95.3 cm³/mol. The fraction of sp³-hybridized carbons (Fsp3) is 0.200. The number of fused-ring (bicyclic) bond motifs is 3. The molecule has 3 heteroatoms. The molecule has 0 atom stereocenters. The molecule has 0 unspecified atom stereocenters. The molecular weight excluding hydrogens is 282 g/mol. The van der Waals surface area contributed by atoms with E-state index in [1.807, 2.05) is 13.1 Å². The maximum atomic E-state index is 4.75. The second kappa shape index (κ2) is 4.92. The quantitative estimate of drug-likeness (QED) is 0.505. The van der Waals surface area contributed by atoms with Gasteiger partial charge >= 0.3 is 0 Å². The summed E-state index contributed by atoms with van der Waals surface area (Å²) >= 11 is 0. The van der Waals surface area contributed by atoms with E-state index in [2.05, 4.69) is 66.7 Å². The van der Waals surface area contributed by atoms with Crippen molar-refractivity contribution in [3.05, 3.63) is 65.1 Å². The van der Waals surface area contributed by atoms with Crippen molar-refractivity contribution in [1.29, 1.82) is 0 Å². The van der Waals surface area contributed by atoms with Crippen LogP contribution in [0.5, 0.6) is 0 Å². The number of benzene rings is 2. The van der Waals surface area contributed by atoms with Crippen molar-refractivity contribution in [2.24, 2.45) is 0 Å². The van der Waals surface area contributed by atoms with Gasteiger partial charge in [-0.05, 0) is 44.9 Å². The number of aromatic nitrogens is 3. The van der Waals surface area contributed by atoms with E-state index in [-0.39, 0.29) is 0 Å². The van der Waals surface area contributed by atoms with Crippen molar-refractivity contribution in [2.75, 3.05) is 0 Å². The lowest BCUT2D eigenvalue weighted by molar-refractivity contribution is 1.03. The topological polar surface area (TPSA) is 30.7 Å². The Morgan fingerprint density at radius 2 is 1.57 bits per heavy atom. The van der Waals surface area contributed by atoms with Gasteiger partial charge in [-0.1, -0.05) is 35.9 Å². The number of aryl methyl sites for hydroxylation is 4. The summed E-state index contributed by atoms with van der Waals surface area (Å²) in [5, 5.41) is 2.30. The van der Waals surface area contributed by atoms with Crippen LogP contribution in [0.2, 0.25) is 0 Å². The molecule has 4 aromatic rings. The minimum absolute atomic E-state index is 0.795. The standard InChI is InChI=1S/C20H19N3/c1-12-9-13(2)19(14(3)10-12)23-18-8-6-5-7-16(18)17-11-21-15(4)22-20(17)23/h5-11H,1-4H3. The molecule has 23 heavy (non-hydrogen) atoms. The van der Waals surface area contributed by atoms with E-state index < -0.39 is 0 Å². The van der Waals surface area contributed by atoms with Crippen LogP contribution in [0.4, 0.5) is 0 Å². The summed E-state index contributed by atoms with van der Waals surface area (Å²) in [7, 11) is 0. The second-order valence-electron chi connectivity index (χ2n) is 6.25. The summed E-state index contributed by atoms with van der Waals surface area (Å²) in [5.74, 6) is 0.795. The first-order valence-corrected chi connectivity index (χ1v) is 7.87. The molecule has 0 aliphatic rings. The SMILES string of the molecule is Cc1cc(C)c(-n2c3ccccc3c3cnc(C)nc32)c(C)c1. The zero-order valence-electron chi connectivity index (χ0n) is 13.9. The molecule has 4 rings (SSSR count). The Morgan fingerprint density at radius 3 is 2.30 bits per heavy atom. The minimum Gasteiger partial charge on any atom is -0.293 e. The van der Waals surface area contributed by atoms with E-state index in [0.29, 0.717) is 0 Å². The van der Waals surface area contributed by atoms with E-state index in [0.717, 1.165) is 16.9 Å². The first-order valence-electron chi connectivity index (χ1n) is 7.87. The maximum Gasteiger partial charge on any atom is 0.149 e. The Hall–Kier alpha value is -2.68. The average Bonchev–Trinajstić information content (AvgIpc) is 2.81. The fourth-order valence-corrected chi connectivity index (χ4v) is 3.58. The Labute approximate surface area is 135 Å². The van der Waals surface area contributed by atoms with Gasteiger partial charge in [0.2, 0.25) is 0 Å². The third-order valence-electron chi connectivity index (χ3n) is 4.40. The predicted octanol–water partition coefficient (Wildman–Crippen LogP) is 4.81. The van der Waals surface area contributed by atoms with Crippen molar-refractivity contribution in [2.45, 2.75) is 27.7 Å². The van der Waals surface area contributed by atoms with Crippen LogP contribution in [0, 0.1) is 27.7 Å². The van der Waals surface area contributed by atoms with Crippen LogP contribution in [0.3, 0.4) is 0 Å². The Kier molecular flexibility index (Phi) is 2.98. The highest BCUT2D eigenvalue weighted by atomic mass is 15.1. The van der Waals surface area contributed by atoms with Crippen molar-refractivity contribution >= 4 is 21.9 Å². The van der Waals surface area contributed by atoms with Crippen LogP contribution in [-0.2, 0) is 0 Å².